The maximum atomic E-state index is 9.16. The second-order valence-electron chi connectivity index (χ2n) is 5.21. The Bertz CT molecular complexity index is 397. The number of methoxy groups -OCH3 is 1. The summed E-state index contributed by atoms with van der Waals surface area (Å²) in [7, 11) is 1.69. The van der Waals surface area contributed by atoms with Crippen LogP contribution in [-0.2, 0) is 0 Å². The molecule has 1 aliphatic heterocycles. The maximum Gasteiger partial charge on any atom is 0.120 e. The molecule has 1 heterocycles. The summed E-state index contributed by atoms with van der Waals surface area (Å²) in [5.41, 5.74) is 1.19. The van der Waals surface area contributed by atoms with Crippen LogP contribution in [0.5, 0.6) is 5.75 Å². The topological polar surface area (TPSA) is 44.7 Å². The first-order valence-electron chi connectivity index (χ1n) is 6.99. The highest BCUT2D eigenvalue weighted by Crippen LogP contribution is 2.23. The zero-order chi connectivity index (χ0) is 13.7. The number of hydrogen-bond acceptors (Lipinski definition) is 4. The molecule has 2 unspecified atom stereocenters. The molecule has 1 saturated heterocycles. The molecule has 1 aromatic carbocycles. The van der Waals surface area contributed by atoms with Crippen LogP contribution in [0, 0.1) is 0 Å². The van der Waals surface area contributed by atoms with Crippen LogP contribution in [0.1, 0.15) is 19.8 Å². The normalized spacial score (nSPS) is 24.1. The molecule has 1 aliphatic rings. The fourth-order valence-corrected chi connectivity index (χ4v) is 2.62. The number of nitrogens with one attached hydrogen (secondary N) is 1. The van der Waals surface area contributed by atoms with Gasteiger partial charge in [0, 0.05) is 43.5 Å². The van der Waals surface area contributed by atoms with E-state index < -0.39 is 0 Å². The zero-order valence-corrected chi connectivity index (χ0v) is 11.8. The van der Waals surface area contributed by atoms with Crippen LogP contribution in [0.2, 0.25) is 0 Å². The Morgan fingerprint density at radius 1 is 1.47 bits per heavy atom. The first-order chi connectivity index (χ1) is 9.22. The molecule has 19 heavy (non-hydrogen) atoms. The number of benzene rings is 1. The van der Waals surface area contributed by atoms with Gasteiger partial charge in [-0.3, -0.25) is 0 Å². The van der Waals surface area contributed by atoms with Gasteiger partial charge in [0.25, 0.3) is 0 Å². The van der Waals surface area contributed by atoms with E-state index in [2.05, 4.69) is 29.3 Å². The Morgan fingerprint density at radius 2 is 2.32 bits per heavy atom. The third kappa shape index (κ3) is 3.85. The van der Waals surface area contributed by atoms with Crippen molar-refractivity contribution in [2.45, 2.75) is 31.8 Å². The van der Waals surface area contributed by atoms with Gasteiger partial charge in [0.1, 0.15) is 5.75 Å². The standard InChI is InChI=1S/C15H24N2O2/c1-12-6-8-17(11-13(16-12)7-9-18)14-4-3-5-15(10-14)19-2/h3-5,10,12-13,16,18H,6-9,11H2,1-2H3. The predicted molar refractivity (Wildman–Crippen MR) is 77.9 cm³/mol. The van der Waals surface area contributed by atoms with Crippen molar-refractivity contribution in [2.24, 2.45) is 0 Å². The molecule has 0 aromatic heterocycles. The quantitative estimate of drug-likeness (QED) is 0.867. The molecule has 4 nitrogen and oxygen atoms in total. The molecule has 0 aliphatic carbocycles. The van der Waals surface area contributed by atoms with Crippen LogP contribution in [0.25, 0.3) is 0 Å². The van der Waals surface area contributed by atoms with Crippen molar-refractivity contribution >= 4 is 5.69 Å². The third-order valence-corrected chi connectivity index (χ3v) is 3.69. The molecule has 0 spiro atoms. The van der Waals surface area contributed by atoms with Crippen molar-refractivity contribution < 1.29 is 9.84 Å². The molecule has 1 fully saturated rings. The molecule has 0 amide bonds. The zero-order valence-electron chi connectivity index (χ0n) is 11.8. The van der Waals surface area contributed by atoms with Crippen LogP contribution in [-0.4, -0.2) is 44.0 Å². The second-order valence-corrected chi connectivity index (χ2v) is 5.21. The van der Waals surface area contributed by atoms with Crippen molar-refractivity contribution in [1.29, 1.82) is 0 Å². The van der Waals surface area contributed by atoms with Gasteiger partial charge in [-0.05, 0) is 31.9 Å². The van der Waals surface area contributed by atoms with E-state index in [-0.39, 0.29) is 6.61 Å². The van der Waals surface area contributed by atoms with E-state index in [1.54, 1.807) is 7.11 Å². The highest BCUT2D eigenvalue weighted by Gasteiger charge is 2.21. The summed E-state index contributed by atoms with van der Waals surface area (Å²) in [6, 6.07) is 9.02. The Balaban J connectivity index is 2.12. The lowest BCUT2D eigenvalue weighted by Crippen LogP contribution is -2.40. The fourth-order valence-electron chi connectivity index (χ4n) is 2.62. The molecule has 0 saturated carbocycles. The molecule has 106 valence electrons. The highest BCUT2D eigenvalue weighted by molar-refractivity contribution is 5.51. The summed E-state index contributed by atoms with van der Waals surface area (Å²) in [6.07, 6.45) is 1.91. The molecule has 4 heteroatoms. The Labute approximate surface area is 115 Å². The number of anilines is 1. The maximum absolute atomic E-state index is 9.16. The average Bonchev–Trinajstić information content (AvgIpc) is 2.61. The minimum atomic E-state index is 0.232. The van der Waals surface area contributed by atoms with Gasteiger partial charge in [-0.1, -0.05) is 6.07 Å². The van der Waals surface area contributed by atoms with Gasteiger partial charge < -0.3 is 20.1 Å². The van der Waals surface area contributed by atoms with Crippen LogP contribution in [0.4, 0.5) is 5.69 Å². The largest absolute Gasteiger partial charge is 0.497 e. The van der Waals surface area contributed by atoms with Gasteiger partial charge in [0.15, 0.2) is 0 Å². The van der Waals surface area contributed by atoms with Crippen molar-refractivity contribution in [2.75, 3.05) is 31.7 Å². The third-order valence-electron chi connectivity index (χ3n) is 3.69. The smallest absolute Gasteiger partial charge is 0.120 e. The van der Waals surface area contributed by atoms with E-state index in [0.29, 0.717) is 12.1 Å². The van der Waals surface area contributed by atoms with E-state index in [9.17, 15) is 0 Å². The average molecular weight is 264 g/mol. The van der Waals surface area contributed by atoms with Crippen LogP contribution in [0.3, 0.4) is 0 Å². The monoisotopic (exact) mass is 264 g/mol. The Hall–Kier alpha value is -1.26. The molecule has 2 atom stereocenters. The minimum Gasteiger partial charge on any atom is -0.497 e. The van der Waals surface area contributed by atoms with Gasteiger partial charge in [-0.2, -0.15) is 0 Å². The van der Waals surface area contributed by atoms with Crippen molar-refractivity contribution in [3.8, 4) is 5.75 Å². The van der Waals surface area contributed by atoms with E-state index in [0.717, 1.165) is 31.7 Å². The number of rotatable bonds is 4. The first-order valence-corrected chi connectivity index (χ1v) is 6.99. The lowest BCUT2D eigenvalue weighted by atomic mass is 10.2. The van der Waals surface area contributed by atoms with Crippen LogP contribution < -0.4 is 15.0 Å². The second kappa shape index (κ2) is 6.78. The SMILES string of the molecule is COc1cccc(N2CCC(C)NC(CCO)C2)c1. The number of aliphatic hydroxyl groups excluding tert-OH is 1. The molecule has 0 bridgehead atoms. The number of hydrogen-bond donors (Lipinski definition) is 2. The summed E-state index contributed by atoms with van der Waals surface area (Å²) in [5.74, 6) is 0.890. The predicted octanol–water partition coefficient (Wildman–Crippen LogP) is 1.63. The van der Waals surface area contributed by atoms with E-state index >= 15 is 0 Å². The van der Waals surface area contributed by atoms with Gasteiger partial charge in [0.2, 0.25) is 0 Å². The minimum absolute atomic E-state index is 0.232. The van der Waals surface area contributed by atoms with Gasteiger partial charge in [0.05, 0.1) is 7.11 Å². The van der Waals surface area contributed by atoms with Crippen LogP contribution in [0.15, 0.2) is 24.3 Å². The van der Waals surface area contributed by atoms with E-state index in [1.807, 2.05) is 12.1 Å². The number of ether oxygens (including phenoxy) is 1. The summed E-state index contributed by atoms with van der Waals surface area (Å²) < 4.78 is 5.29. The highest BCUT2D eigenvalue weighted by atomic mass is 16.5. The molecule has 2 rings (SSSR count). The van der Waals surface area contributed by atoms with Crippen molar-refractivity contribution in [3.63, 3.8) is 0 Å². The number of aliphatic hydroxyl groups is 1. The Kier molecular flexibility index (Phi) is 5.05. The van der Waals surface area contributed by atoms with E-state index in [1.165, 1.54) is 5.69 Å². The molecular weight excluding hydrogens is 240 g/mol. The molecular formula is C15H24N2O2. The Morgan fingerprint density at radius 3 is 3.05 bits per heavy atom. The summed E-state index contributed by atoms with van der Waals surface area (Å²) >= 11 is 0. The first kappa shape index (κ1) is 14.2. The number of nitrogens with zero attached hydrogens (tertiary/aromatic N) is 1. The summed E-state index contributed by atoms with van der Waals surface area (Å²) in [4.78, 5) is 2.37. The van der Waals surface area contributed by atoms with E-state index in [4.69, 9.17) is 9.84 Å². The van der Waals surface area contributed by atoms with Gasteiger partial charge >= 0.3 is 0 Å². The summed E-state index contributed by atoms with van der Waals surface area (Å²) in [6.45, 7) is 4.40. The van der Waals surface area contributed by atoms with Crippen molar-refractivity contribution in [1.82, 2.24) is 5.32 Å². The lowest BCUT2D eigenvalue weighted by Gasteiger charge is -2.26. The summed E-state index contributed by atoms with van der Waals surface area (Å²) in [5, 5.41) is 12.7. The lowest BCUT2D eigenvalue weighted by molar-refractivity contribution is 0.263. The van der Waals surface area contributed by atoms with Gasteiger partial charge in [-0.25, -0.2) is 0 Å². The van der Waals surface area contributed by atoms with Crippen LogP contribution >= 0.6 is 0 Å². The van der Waals surface area contributed by atoms with Gasteiger partial charge in [-0.15, -0.1) is 0 Å². The molecule has 0 radical (unpaired) electrons. The fraction of sp³-hybridized carbons (Fsp3) is 0.600. The van der Waals surface area contributed by atoms with Crippen molar-refractivity contribution in [3.05, 3.63) is 24.3 Å². The molecule has 1 aromatic rings. The molecule has 2 N–H and O–H groups in total.